The molecule has 2 aromatic carbocycles. The molecule has 0 saturated carbocycles. The number of amides is 3. The summed E-state index contributed by atoms with van der Waals surface area (Å²) in [5, 5.41) is 5.68. The van der Waals surface area contributed by atoms with Gasteiger partial charge >= 0.3 is 6.03 Å². The molecule has 142 valence electrons. The van der Waals surface area contributed by atoms with Crippen LogP contribution in [0.2, 0.25) is 0 Å². The third-order valence-electron chi connectivity index (χ3n) is 4.64. The highest BCUT2D eigenvalue weighted by molar-refractivity contribution is 5.96. The molecule has 2 N–H and O–H groups in total. The molecule has 1 aliphatic rings. The summed E-state index contributed by atoms with van der Waals surface area (Å²) in [7, 11) is 3.85. The number of urea groups is 1. The fourth-order valence-electron chi connectivity index (χ4n) is 3.07. The van der Waals surface area contributed by atoms with Crippen LogP contribution in [-0.2, 0) is 4.79 Å². The molecule has 7 heteroatoms. The van der Waals surface area contributed by atoms with E-state index in [0.717, 1.165) is 11.3 Å². The second-order valence-corrected chi connectivity index (χ2v) is 6.76. The minimum Gasteiger partial charge on any atom is -0.378 e. The van der Waals surface area contributed by atoms with Gasteiger partial charge in [-0.25, -0.2) is 9.18 Å². The summed E-state index contributed by atoms with van der Waals surface area (Å²) in [5.74, 6) is -0.663. The van der Waals surface area contributed by atoms with Gasteiger partial charge in [0, 0.05) is 38.6 Å². The van der Waals surface area contributed by atoms with Gasteiger partial charge in [0.05, 0.1) is 0 Å². The molecule has 0 radical (unpaired) electrons. The Balaban J connectivity index is 1.86. The smallest absolute Gasteiger partial charge is 0.322 e. The molecule has 0 bridgehead atoms. The van der Waals surface area contributed by atoms with Crippen LogP contribution in [0.1, 0.15) is 17.2 Å². The van der Waals surface area contributed by atoms with Gasteiger partial charge in [-0.15, -0.1) is 0 Å². The summed E-state index contributed by atoms with van der Waals surface area (Å²) in [4.78, 5) is 28.8. The summed E-state index contributed by atoms with van der Waals surface area (Å²) >= 11 is 0. The van der Waals surface area contributed by atoms with Crippen LogP contribution in [0, 0.1) is 12.7 Å². The summed E-state index contributed by atoms with van der Waals surface area (Å²) in [6.45, 7) is 2.65. The number of hydrogen-bond donors (Lipinski definition) is 2. The largest absolute Gasteiger partial charge is 0.378 e. The van der Waals surface area contributed by atoms with Crippen molar-refractivity contribution in [1.29, 1.82) is 0 Å². The van der Waals surface area contributed by atoms with E-state index in [1.165, 1.54) is 29.2 Å². The summed E-state index contributed by atoms with van der Waals surface area (Å²) in [6.07, 6.45) is 0. The van der Waals surface area contributed by atoms with Crippen LogP contribution in [0.15, 0.2) is 42.5 Å². The average molecular weight is 370 g/mol. The van der Waals surface area contributed by atoms with Crippen LogP contribution in [0.3, 0.4) is 0 Å². The average Bonchev–Trinajstić information content (AvgIpc) is 2.64. The number of carbonyl (C=O) groups excluding carboxylic acids is 2. The van der Waals surface area contributed by atoms with Crippen molar-refractivity contribution in [2.24, 2.45) is 0 Å². The van der Waals surface area contributed by atoms with Crippen molar-refractivity contribution in [2.75, 3.05) is 37.4 Å². The van der Waals surface area contributed by atoms with Crippen molar-refractivity contribution in [3.05, 3.63) is 59.4 Å². The van der Waals surface area contributed by atoms with Gasteiger partial charge in [0.25, 0.3) is 0 Å². The van der Waals surface area contributed by atoms with Crippen molar-refractivity contribution < 1.29 is 14.0 Å². The van der Waals surface area contributed by atoms with Crippen LogP contribution in [-0.4, -0.2) is 44.0 Å². The van der Waals surface area contributed by atoms with Crippen LogP contribution in [0.5, 0.6) is 0 Å². The molecule has 2 aromatic rings. The Morgan fingerprint density at radius 3 is 2.59 bits per heavy atom. The van der Waals surface area contributed by atoms with Gasteiger partial charge in [-0.2, -0.15) is 0 Å². The first-order valence-corrected chi connectivity index (χ1v) is 8.75. The molecule has 3 amide bonds. The number of anilines is 2. The van der Waals surface area contributed by atoms with E-state index >= 15 is 0 Å². The van der Waals surface area contributed by atoms with Crippen molar-refractivity contribution in [2.45, 2.75) is 13.0 Å². The lowest BCUT2D eigenvalue weighted by Gasteiger charge is -2.35. The molecule has 0 spiro atoms. The molecular formula is C20H23FN4O2. The van der Waals surface area contributed by atoms with E-state index in [1.54, 1.807) is 0 Å². The van der Waals surface area contributed by atoms with Crippen LogP contribution in [0.25, 0.3) is 0 Å². The Hall–Kier alpha value is -3.09. The zero-order valence-corrected chi connectivity index (χ0v) is 15.6. The predicted octanol–water partition coefficient (Wildman–Crippen LogP) is 2.91. The Labute approximate surface area is 158 Å². The fraction of sp³-hybridized carbons (Fsp3) is 0.300. The SMILES string of the molecule is Cc1ccc(N(C)C)cc1NC(=O)N1CCNC(=O)[C@@H]1c1ccc(F)cc1. The molecule has 1 fully saturated rings. The van der Waals surface area contributed by atoms with Gasteiger partial charge < -0.3 is 20.4 Å². The highest BCUT2D eigenvalue weighted by Gasteiger charge is 2.34. The van der Waals surface area contributed by atoms with Crippen LogP contribution < -0.4 is 15.5 Å². The third-order valence-corrected chi connectivity index (χ3v) is 4.64. The van der Waals surface area contributed by atoms with Gasteiger partial charge in [-0.3, -0.25) is 4.79 Å². The minimum absolute atomic E-state index is 0.276. The number of nitrogens with zero attached hydrogens (tertiary/aromatic N) is 2. The normalized spacial score (nSPS) is 16.7. The minimum atomic E-state index is -0.795. The molecule has 27 heavy (non-hydrogen) atoms. The van der Waals surface area contributed by atoms with E-state index in [2.05, 4.69) is 10.6 Å². The molecule has 1 heterocycles. The number of piperazine rings is 1. The van der Waals surface area contributed by atoms with Gasteiger partial charge in [0.1, 0.15) is 11.9 Å². The van der Waals surface area contributed by atoms with Crippen molar-refractivity contribution in [3.63, 3.8) is 0 Å². The molecule has 0 unspecified atom stereocenters. The molecule has 0 aromatic heterocycles. The van der Waals surface area contributed by atoms with Gasteiger partial charge in [-0.1, -0.05) is 18.2 Å². The number of hydrogen-bond acceptors (Lipinski definition) is 3. The maximum absolute atomic E-state index is 13.2. The standard InChI is InChI=1S/C20H23FN4O2/c1-13-4-9-16(24(2)3)12-17(13)23-20(27)25-11-10-22-19(26)18(25)14-5-7-15(21)8-6-14/h4-9,12,18H,10-11H2,1-3H3,(H,22,26)(H,23,27)/t18-/m0/s1. The summed E-state index contributed by atoms with van der Waals surface area (Å²) < 4.78 is 13.2. The second kappa shape index (κ2) is 7.65. The zero-order chi connectivity index (χ0) is 19.6. The van der Waals surface area contributed by atoms with Crippen LogP contribution >= 0.6 is 0 Å². The van der Waals surface area contributed by atoms with E-state index in [9.17, 15) is 14.0 Å². The lowest BCUT2D eigenvalue weighted by atomic mass is 10.0. The summed E-state index contributed by atoms with van der Waals surface area (Å²) in [6, 6.07) is 10.3. The lowest BCUT2D eigenvalue weighted by Crippen LogP contribution is -2.53. The third kappa shape index (κ3) is 4.02. The molecule has 1 atom stereocenters. The monoisotopic (exact) mass is 370 g/mol. The number of carbonyl (C=O) groups is 2. The predicted molar refractivity (Wildman–Crippen MR) is 103 cm³/mol. The van der Waals surface area contributed by atoms with Gasteiger partial charge in [0.15, 0.2) is 0 Å². The highest BCUT2D eigenvalue weighted by Crippen LogP contribution is 2.26. The number of rotatable bonds is 3. The van der Waals surface area contributed by atoms with Crippen LogP contribution in [0.4, 0.5) is 20.6 Å². The summed E-state index contributed by atoms with van der Waals surface area (Å²) in [5.41, 5.74) is 3.15. The number of nitrogens with one attached hydrogen (secondary N) is 2. The Morgan fingerprint density at radius 1 is 1.22 bits per heavy atom. The first-order chi connectivity index (χ1) is 12.9. The van der Waals surface area contributed by atoms with E-state index in [0.29, 0.717) is 24.3 Å². The lowest BCUT2D eigenvalue weighted by molar-refractivity contribution is -0.127. The molecule has 6 nitrogen and oxygen atoms in total. The molecule has 3 rings (SSSR count). The van der Waals surface area contributed by atoms with E-state index in [4.69, 9.17) is 0 Å². The van der Waals surface area contributed by atoms with E-state index in [-0.39, 0.29) is 17.8 Å². The maximum atomic E-state index is 13.2. The van der Waals surface area contributed by atoms with Gasteiger partial charge in [-0.05, 0) is 42.3 Å². The Kier molecular flexibility index (Phi) is 5.30. The van der Waals surface area contributed by atoms with Crippen molar-refractivity contribution in [3.8, 4) is 0 Å². The molecule has 1 aliphatic heterocycles. The molecule has 0 aliphatic carbocycles. The van der Waals surface area contributed by atoms with E-state index < -0.39 is 6.04 Å². The maximum Gasteiger partial charge on any atom is 0.322 e. The number of aryl methyl sites for hydroxylation is 1. The molecule has 1 saturated heterocycles. The fourth-order valence-corrected chi connectivity index (χ4v) is 3.07. The second-order valence-electron chi connectivity index (χ2n) is 6.76. The zero-order valence-electron chi connectivity index (χ0n) is 15.6. The molecular weight excluding hydrogens is 347 g/mol. The topological polar surface area (TPSA) is 64.7 Å². The number of benzene rings is 2. The van der Waals surface area contributed by atoms with Crippen molar-refractivity contribution >= 4 is 23.3 Å². The quantitative estimate of drug-likeness (QED) is 0.873. The van der Waals surface area contributed by atoms with Crippen molar-refractivity contribution in [1.82, 2.24) is 10.2 Å². The van der Waals surface area contributed by atoms with Gasteiger partial charge in [0.2, 0.25) is 5.91 Å². The highest BCUT2D eigenvalue weighted by atomic mass is 19.1. The Bertz CT molecular complexity index is 852. The van der Waals surface area contributed by atoms with E-state index in [1.807, 2.05) is 44.1 Å². The first kappa shape index (κ1) is 18.7. The Morgan fingerprint density at radius 2 is 1.93 bits per heavy atom. The first-order valence-electron chi connectivity index (χ1n) is 8.75. The number of halogens is 1.